The van der Waals surface area contributed by atoms with Gasteiger partial charge in [0.1, 0.15) is 5.76 Å². The standard InChI is InChI=1S/C10H17NO2/c1-3-4-9(12)11-7(2)10(13)8-5-6-8/h7,13H,3-6H2,1-2H3,(H,11,12). The van der Waals surface area contributed by atoms with Crippen molar-refractivity contribution >= 4 is 5.91 Å². The predicted octanol–water partition coefficient (Wildman–Crippen LogP) is 1.90. The molecule has 0 aliphatic heterocycles. The Kier molecular flexibility index (Phi) is 3.34. The largest absolute Gasteiger partial charge is 0.510 e. The van der Waals surface area contributed by atoms with E-state index in [1.807, 2.05) is 13.8 Å². The Morgan fingerprint density at radius 2 is 2.23 bits per heavy atom. The summed E-state index contributed by atoms with van der Waals surface area (Å²) in [4.78, 5) is 11.2. The fourth-order valence-electron chi connectivity index (χ4n) is 1.23. The quantitative estimate of drug-likeness (QED) is 0.654. The van der Waals surface area contributed by atoms with Crippen molar-refractivity contribution in [1.29, 1.82) is 0 Å². The van der Waals surface area contributed by atoms with Gasteiger partial charge in [-0.15, -0.1) is 0 Å². The summed E-state index contributed by atoms with van der Waals surface area (Å²) < 4.78 is 0. The third-order valence-electron chi connectivity index (χ3n) is 2.13. The topological polar surface area (TPSA) is 49.3 Å². The number of nitrogens with one attached hydrogen (secondary N) is 1. The molecule has 1 amide bonds. The van der Waals surface area contributed by atoms with Crippen LogP contribution < -0.4 is 5.32 Å². The van der Waals surface area contributed by atoms with Gasteiger partial charge in [-0.1, -0.05) is 6.92 Å². The first-order chi connectivity index (χ1) is 6.15. The zero-order valence-corrected chi connectivity index (χ0v) is 8.26. The van der Waals surface area contributed by atoms with E-state index in [0.29, 0.717) is 12.2 Å². The summed E-state index contributed by atoms with van der Waals surface area (Å²) in [5, 5.41) is 12.3. The Morgan fingerprint density at radius 3 is 2.69 bits per heavy atom. The van der Waals surface area contributed by atoms with Gasteiger partial charge < -0.3 is 10.4 Å². The molecule has 0 heterocycles. The van der Waals surface area contributed by atoms with Gasteiger partial charge in [0, 0.05) is 6.42 Å². The first-order valence-electron chi connectivity index (χ1n) is 4.85. The van der Waals surface area contributed by atoms with E-state index in [2.05, 4.69) is 5.32 Å². The Balaban J connectivity index is 2.36. The van der Waals surface area contributed by atoms with Crippen molar-refractivity contribution in [2.24, 2.45) is 0 Å². The molecule has 13 heavy (non-hydrogen) atoms. The third-order valence-corrected chi connectivity index (χ3v) is 2.13. The van der Waals surface area contributed by atoms with Crippen molar-refractivity contribution in [1.82, 2.24) is 5.32 Å². The lowest BCUT2D eigenvalue weighted by atomic mass is 10.2. The van der Waals surface area contributed by atoms with E-state index < -0.39 is 0 Å². The lowest BCUT2D eigenvalue weighted by Gasteiger charge is -2.12. The first-order valence-corrected chi connectivity index (χ1v) is 4.85. The summed E-state index contributed by atoms with van der Waals surface area (Å²) >= 11 is 0. The molecule has 1 saturated carbocycles. The molecule has 0 radical (unpaired) electrons. The Bertz CT molecular complexity index is 227. The first kappa shape index (κ1) is 10.1. The number of aliphatic hydroxyl groups is 1. The maximum atomic E-state index is 11.2. The summed E-state index contributed by atoms with van der Waals surface area (Å²) in [5.41, 5.74) is 1.09. The summed E-state index contributed by atoms with van der Waals surface area (Å²) in [6.45, 7) is 3.78. The van der Waals surface area contributed by atoms with Gasteiger partial charge in [0.15, 0.2) is 0 Å². The van der Waals surface area contributed by atoms with Crippen LogP contribution in [-0.4, -0.2) is 17.1 Å². The molecule has 0 bridgehead atoms. The molecule has 3 nitrogen and oxygen atoms in total. The minimum absolute atomic E-state index is 0.0165. The molecule has 0 saturated heterocycles. The molecule has 1 unspecified atom stereocenters. The number of carbonyl (C=O) groups excluding carboxylic acids is 1. The van der Waals surface area contributed by atoms with Gasteiger partial charge in [0.25, 0.3) is 0 Å². The number of allylic oxidation sites excluding steroid dienone is 1. The zero-order valence-electron chi connectivity index (χ0n) is 8.26. The average Bonchev–Trinajstić information content (AvgIpc) is 2.85. The highest BCUT2D eigenvalue weighted by atomic mass is 16.3. The predicted molar refractivity (Wildman–Crippen MR) is 51.4 cm³/mol. The van der Waals surface area contributed by atoms with Crippen LogP contribution in [0.1, 0.15) is 39.5 Å². The van der Waals surface area contributed by atoms with Gasteiger partial charge >= 0.3 is 0 Å². The normalized spacial score (nSPS) is 16.6. The van der Waals surface area contributed by atoms with Crippen molar-refractivity contribution in [2.45, 2.75) is 45.6 Å². The van der Waals surface area contributed by atoms with Gasteiger partial charge in [-0.3, -0.25) is 4.79 Å². The van der Waals surface area contributed by atoms with Crippen molar-refractivity contribution in [3.63, 3.8) is 0 Å². The van der Waals surface area contributed by atoms with Crippen molar-refractivity contribution < 1.29 is 9.90 Å². The van der Waals surface area contributed by atoms with Crippen LogP contribution in [-0.2, 0) is 4.79 Å². The van der Waals surface area contributed by atoms with Crippen LogP contribution in [0.5, 0.6) is 0 Å². The maximum Gasteiger partial charge on any atom is 0.220 e. The van der Waals surface area contributed by atoms with Crippen LogP contribution in [0.25, 0.3) is 0 Å². The molecule has 1 rings (SSSR count). The van der Waals surface area contributed by atoms with Gasteiger partial charge in [-0.25, -0.2) is 0 Å². The second kappa shape index (κ2) is 4.30. The lowest BCUT2D eigenvalue weighted by molar-refractivity contribution is -0.121. The summed E-state index contributed by atoms with van der Waals surface area (Å²) in [6, 6.07) is -0.212. The Morgan fingerprint density at radius 1 is 1.62 bits per heavy atom. The van der Waals surface area contributed by atoms with Gasteiger partial charge in [0.2, 0.25) is 5.91 Å². The van der Waals surface area contributed by atoms with Crippen LogP contribution in [0, 0.1) is 0 Å². The second-order valence-corrected chi connectivity index (χ2v) is 3.53. The summed E-state index contributed by atoms with van der Waals surface area (Å²) in [5.74, 6) is 0.382. The summed E-state index contributed by atoms with van der Waals surface area (Å²) in [7, 11) is 0. The van der Waals surface area contributed by atoms with Crippen LogP contribution >= 0.6 is 0 Å². The molecule has 0 spiro atoms. The fourth-order valence-corrected chi connectivity index (χ4v) is 1.23. The van der Waals surface area contributed by atoms with E-state index in [1.165, 1.54) is 0 Å². The molecule has 1 aliphatic rings. The van der Waals surface area contributed by atoms with Crippen molar-refractivity contribution in [2.75, 3.05) is 0 Å². The molecular weight excluding hydrogens is 166 g/mol. The highest BCUT2D eigenvalue weighted by Gasteiger charge is 2.21. The minimum Gasteiger partial charge on any atom is -0.510 e. The Labute approximate surface area is 78.8 Å². The monoisotopic (exact) mass is 183 g/mol. The molecule has 1 aliphatic carbocycles. The van der Waals surface area contributed by atoms with E-state index >= 15 is 0 Å². The molecule has 74 valence electrons. The lowest BCUT2D eigenvalue weighted by Crippen LogP contribution is -2.33. The number of hydrogen-bond acceptors (Lipinski definition) is 2. The number of amides is 1. The van der Waals surface area contributed by atoms with Gasteiger partial charge in [-0.2, -0.15) is 0 Å². The van der Waals surface area contributed by atoms with Gasteiger partial charge in [0.05, 0.1) is 6.04 Å². The average molecular weight is 183 g/mol. The third kappa shape index (κ3) is 3.09. The van der Waals surface area contributed by atoms with Crippen molar-refractivity contribution in [3.05, 3.63) is 11.3 Å². The highest BCUT2D eigenvalue weighted by molar-refractivity contribution is 5.76. The molecular formula is C10H17NO2. The fraction of sp³-hybridized carbons (Fsp3) is 0.700. The van der Waals surface area contributed by atoms with Gasteiger partial charge in [-0.05, 0) is 31.8 Å². The molecule has 0 aromatic rings. The Hall–Kier alpha value is -0.990. The number of rotatable bonds is 4. The molecule has 1 fully saturated rings. The maximum absolute atomic E-state index is 11.2. The van der Waals surface area contributed by atoms with E-state index in [4.69, 9.17) is 0 Å². The molecule has 0 aromatic heterocycles. The number of aliphatic hydroxyl groups excluding tert-OH is 1. The van der Waals surface area contributed by atoms with Crippen LogP contribution in [0.15, 0.2) is 11.3 Å². The van der Waals surface area contributed by atoms with Crippen molar-refractivity contribution in [3.8, 4) is 0 Å². The number of hydrogen-bond donors (Lipinski definition) is 2. The summed E-state index contributed by atoms with van der Waals surface area (Å²) in [6.07, 6.45) is 3.35. The van der Waals surface area contributed by atoms with Crippen LogP contribution in [0.3, 0.4) is 0 Å². The minimum atomic E-state index is -0.212. The van der Waals surface area contributed by atoms with E-state index in [9.17, 15) is 9.90 Å². The number of carbonyl (C=O) groups is 1. The molecule has 2 N–H and O–H groups in total. The van der Waals surface area contributed by atoms with E-state index in [-0.39, 0.29) is 11.9 Å². The van der Waals surface area contributed by atoms with E-state index in [1.54, 1.807) is 0 Å². The molecule has 0 aromatic carbocycles. The van der Waals surface area contributed by atoms with E-state index in [0.717, 1.165) is 24.8 Å². The zero-order chi connectivity index (χ0) is 9.84. The second-order valence-electron chi connectivity index (χ2n) is 3.53. The molecule has 1 atom stereocenters. The van der Waals surface area contributed by atoms with Crippen LogP contribution in [0.2, 0.25) is 0 Å². The van der Waals surface area contributed by atoms with Crippen LogP contribution in [0.4, 0.5) is 0 Å². The molecule has 3 heteroatoms. The highest BCUT2D eigenvalue weighted by Crippen LogP contribution is 2.31. The smallest absolute Gasteiger partial charge is 0.220 e. The SMILES string of the molecule is CCCC(=O)NC(C)C(O)=C1CC1.